The smallest absolute Gasteiger partial charge is 0.416 e. The van der Waals surface area contributed by atoms with Crippen molar-refractivity contribution in [3.63, 3.8) is 0 Å². The van der Waals surface area contributed by atoms with Gasteiger partial charge in [0.1, 0.15) is 10.8 Å². The van der Waals surface area contributed by atoms with E-state index >= 15 is 0 Å². The van der Waals surface area contributed by atoms with Crippen LogP contribution in [0.15, 0.2) is 47.8 Å². The van der Waals surface area contributed by atoms with Gasteiger partial charge in [0.15, 0.2) is 5.60 Å². The van der Waals surface area contributed by atoms with Crippen molar-refractivity contribution in [1.82, 2.24) is 10.3 Å². The van der Waals surface area contributed by atoms with E-state index in [0.29, 0.717) is 27.0 Å². The number of hydrogen-bond acceptors (Lipinski definition) is 6. The fourth-order valence-electron chi connectivity index (χ4n) is 3.36. The molecule has 35 heavy (non-hydrogen) atoms. The number of carbonyl (C=O) groups is 1. The SMILES string of the molecule is CCOC(=O)C(C)(C)Oc1ccc(C(C)(NC)c2nc(-c3ccc(C(F)(F)F)cc3)cs2)cc1Cl. The Kier molecular flexibility index (Phi) is 7.83. The second kappa shape index (κ2) is 10.2. The molecular weight excluding hydrogens is 501 g/mol. The summed E-state index contributed by atoms with van der Waals surface area (Å²) in [6, 6.07) is 10.1. The van der Waals surface area contributed by atoms with Gasteiger partial charge in [-0.2, -0.15) is 13.2 Å². The summed E-state index contributed by atoms with van der Waals surface area (Å²) in [7, 11) is 1.78. The highest BCUT2D eigenvalue weighted by molar-refractivity contribution is 7.10. The second-order valence-electron chi connectivity index (χ2n) is 8.47. The van der Waals surface area contributed by atoms with Crippen LogP contribution >= 0.6 is 22.9 Å². The minimum Gasteiger partial charge on any atom is -0.475 e. The van der Waals surface area contributed by atoms with Crippen molar-refractivity contribution in [2.45, 2.75) is 45.0 Å². The molecule has 1 N–H and O–H groups in total. The van der Waals surface area contributed by atoms with Crippen LogP contribution in [0.3, 0.4) is 0 Å². The van der Waals surface area contributed by atoms with Gasteiger partial charge in [0.2, 0.25) is 0 Å². The summed E-state index contributed by atoms with van der Waals surface area (Å²) in [6.45, 7) is 7.09. The molecule has 0 spiro atoms. The molecule has 0 fully saturated rings. The average Bonchev–Trinajstić information content (AvgIpc) is 3.30. The normalized spacial score (nSPS) is 13.9. The number of aromatic nitrogens is 1. The van der Waals surface area contributed by atoms with Crippen LogP contribution in [-0.2, 0) is 21.2 Å². The van der Waals surface area contributed by atoms with Crippen LogP contribution in [-0.4, -0.2) is 30.2 Å². The highest BCUT2D eigenvalue weighted by Crippen LogP contribution is 2.38. The number of alkyl halides is 3. The first kappa shape index (κ1) is 27.0. The number of halogens is 4. The molecular formula is C25H26ClF3N2O3S. The molecule has 0 aliphatic rings. The molecule has 3 rings (SSSR count). The fourth-order valence-corrected chi connectivity index (χ4v) is 4.59. The van der Waals surface area contributed by atoms with Gasteiger partial charge in [-0.1, -0.05) is 29.8 Å². The van der Waals surface area contributed by atoms with E-state index in [2.05, 4.69) is 10.3 Å². The van der Waals surface area contributed by atoms with Gasteiger partial charge in [-0.3, -0.25) is 0 Å². The van der Waals surface area contributed by atoms with Gasteiger partial charge in [-0.15, -0.1) is 11.3 Å². The largest absolute Gasteiger partial charge is 0.475 e. The monoisotopic (exact) mass is 526 g/mol. The van der Waals surface area contributed by atoms with Crippen LogP contribution in [0.25, 0.3) is 11.3 Å². The van der Waals surface area contributed by atoms with E-state index in [-0.39, 0.29) is 6.61 Å². The van der Waals surface area contributed by atoms with Crippen molar-refractivity contribution in [3.05, 3.63) is 69.0 Å². The van der Waals surface area contributed by atoms with Crippen molar-refractivity contribution in [3.8, 4) is 17.0 Å². The zero-order valence-corrected chi connectivity index (χ0v) is 21.5. The third-order valence-electron chi connectivity index (χ3n) is 5.58. The Morgan fingerprint density at radius 1 is 1.09 bits per heavy atom. The van der Waals surface area contributed by atoms with Crippen LogP contribution in [0.5, 0.6) is 5.75 Å². The standard InChI is InChI=1S/C25H26ClF3N2O3S/c1-6-33-22(32)23(2,3)34-20-12-11-17(13-18(20)26)24(4,30-5)21-31-19(14-35-21)15-7-9-16(10-8-15)25(27,28)29/h7-14,30H,6H2,1-5H3. The molecule has 0 aliphatic carbocycles. The molecule has 0 radical (unpaired) electrons. The molecule has 0 aliphatic heterocycles. The Bertz CT molecular complexity index is 1200. The number of rotatable bonds is 8. The van der Waals surface area contributed by atoms with Gasteiger partial charge >= 0.3 is 12.1 Å². The topological polar surface area (TPSA) is 60.5 Å². The van der Waals surface area contributed by atoms with Gasteiger partial charge in [0.25, 0.3) is 0 Å². The maximum Gasteiger partial charge on any atom is 0.416 e. The van der Waals surface area contributed by atoms with E-state index in [0.717, 1.165) is 17.7 Å². The van der Waals surface area contributed by atoms with E-state index in [4.69, 9.17) is 21.1 Å². The van der Waals surface area contributed by atoms with E-state index < -0.39 is 28.8 Å². The number of benzene rings is 2. The first-order valence-corrected chi connectivity index (χ1v) is 12.1. The lowest BCUT2D eigenvalue weighted by Crippen LogP contribution is -2.40. The highest BCUT2D eigenvalue weighted by Gasteiger charge is 2.35. The summed E-state index contributed by atoms with van der Waals surface area (Å²) in [4.78, 5) is 16.8. The molecule has 5 nitrogen and oxygen atoms in total. The Hall–Kier alpha value is -2.62. The van der Waals surface area contributed by atoms with E-state index in [1.54, 1.807) is 45.3 Å². The first-order valence-electron chi connectivity index (χ1n) is 10.8. The predicted octanol–water partition coefficient (Wildman–Crippen LogP) is 6.69. The van der Waals surface area contributed by atoms with E-state index in [1.165, 1.54) is 23.5 Å². The van der Waals surface area contributed by atoms with Crippen molar-refractivity contribution in [1.29, 1.82) is 0 Å². The van der Waals surface area contributed by atoms with Crippen LogP contribution in [0.2, 0.25) is 5.02 Å². The molecule has 0 amide bonds. The minimum atomic E-state index is -4.39. The van der Waals surface area contributed by atoms with Gasteiger partial charge in [-0.25, -0.2) is 9.78 Å². The molecule has 2 aromatic carbocycles. The Labute approximate surface area is 211 Å². The zero-order valence-electron chi connectivity index (χ0n) is 19.9. The zero-order chi connectivity index (χ0) is 26.0. The van der Waals surface area contributed by atoms with Crippen LogP contribution < -0.4 is 10.1 Å². The number of ether oxygens (including phenoxy) is 2. The lowest BCUT2D eigenvalue weighted by atomic mass is 9.92. The maximum absolute atomic E-state index is 12.9. The summed E-state index contributed by atoms with van der Waals surface area (Å²) in [5, 5.41) is 6.07. The third-order valence-corrected chi connectivity index (χ3v) is 6.94. The van der Waals surface area contributed by atoms with E-state index in [1.807, 2.05) is 13.0 Å². The highest BCUT2D eigenvalue weighted by atomic mass is 35.5. The Morgan fingerprint density at radius 2 is 1.71 bits per heavy atom. The molecule has 3 aromatic rings. The molecule has 1 atom stereocenters. The van der Waals surface area contributed by atoms with E-state index in [9.17, 15) is 18.0 Å². The number of thiazole rings is 1. The summed E-state index contributed by atoms with van der Waals surface area (Å²) < 4.78 is 49.5. The predicted molar refractivity (Wildman–Crippen MR) is 131 cm³/mol. The Balaban J connectivity index is 1.88. The minimum absolute atomic E-state index is 0.237. The molecule has 1 heterocycles. The molecule has 1 unspecified atom stereocenters. The summed E-state index contributed by atoms with van der Waals surface area (Å²) in [5.74, 6) is -0.171. The van der Waals surface area contributed by atoms with Gasteiger partial charge in [0, 0.05) is 10.9 Å². The average molecular weight is 527 g/mol. The number of nitrogens with one attached hydrogen (secondary N) is 1. The van der Waals surface area contributed by atoms with Crippen LogP contribution in [0.4, 0.5) is 13.2 Å². The van der Waals surface area contributed by atoms with Crippen molar-refractivity contribution < 1.29 is 27.4 Å². The van der Waals surface area contributed by atoms with Gasteiger partial charge in [0.05, 0.1) is 28.4 Å². The quantitative estimate of drug-likeness (QED) is 0.331. The lowest BCUT2D eigenvalue weighted by Gasteiger charge is -2.29. The van der Waals surface area contributed by atoms with Gasteiger partial charge < -0.3 is 14.8 Å². The summed E-state index contributed by atoms with van der Waals surface area (Å²) in [6.07, 6.45) is -4.39. The molecule has 188 valence electrons. The van der Waals surface area contributed by atoms with Crippen LogP contribution in [0, 0.1) is 0 Å². The molecule has 1 aromatic heterocycles. The van der Waals surface area contributed by atoms with Crippen molar-refractivity contribution >= 4 is 28.9 Å². The molecule has 0 bridgehead atoms. The molecule has 0 saturated heterocycles. The van der Waals surface area contributed by atoms with Crippen molar-refractivity contribution in [2.24, 2.45) is 0 Å². The second-order valence-corrected chi connectivity index (χ2v) is 9.73. The third kappa shape index (κ3) is 5.79. The molecule has 0 saturated carbocycles. The first-order chi connectivity index (χ1) is 16.3. The Morgan fingerprint density at radius 3 is 2.26 bits per heavy atom. The maximum atomic E-state index is 12.9. The number of carbonyl (C=O) groups excluding carboxylic acids is 1. The fraction of sp³-hybridized carbons (Fsp3) is 0.360. The van der Waals surface area contributed by atoms with Crippen LogP contribution in [0.1, 0.15) is 43.8 Å². The van der Waals surface area contributed by atoms with Crippen molar-refractivity contribution in [2.75, 3.05) is 13.7 Å². The van der Waals surface area contributed by atoms with Gasteiger partial charge in [-0.05, 0) is 64.6 Å². The number of esters is 1. The lowest BCUT2D eigenvalue weighted by molar-refractivity contribution is -0.158. The summed E-state index contributed by atoms with van der Waals surface area (Å²) in [5.41, 5.74) is -0.726. The number of hydrogen-bond donors (Lipinski definition) is 1. The molecule has 10 heteroatoms. The number of nitrogens with zero attached hydrogens (tertiary/aromatic N) is 1. The summed E-state index contributed by atoms with van der Waals surface area (Å²) >= 11 is 7.89.